The van der Waals surface area contributed by atoms with Gasteiger partial charge in [0.2, 0.25) is 0 Å². The predicted molar refractivity (Wildman–Crippen MR) is 61.7 cm³/mol. The van der Waals surface area contributed by atoms with Gasteiger partial charge in [-0.2, -0.15) is 0 Å². The van der Waals surface area contributed by atoms with Crippen molar-refractivity contribution in [2.24, 2.45) is 5.92 Å². The quantitative estimate of drug-likeness (QED) is 0.782. The van der Waals surface area contributed by atoms with E-state index in [9.17, 15) is 4.79 Å². The number of nitrogens with zero attached hydrogens (tertiary/aromatic N) is 2. The van der Waals surface area contributed by atoms with Crippen LogP contribution in [0.5, 0.6) is 0 Å². The van der Waals surface area contributed by atoms with E-state index in [4.69, 9.17) is 4.52 Å². The fourth-order valence-corrected chi connectivity index (χ4v) is 2.94. The van der Waals surface area contributed by atoms with Crippen LogP contribution >= 0.6 is 0 Å². The van der Waals surface area contributed by atoms with Crippen molar-refractivity contribution in [3.63, 3.8) is 0 Å². The van der Waals surface area contributed by atoms with Gasteiger partial charge in [-0.25, -0.2) is 0 Å². The number of rotatable bonds is 1. The van der Waals surface area contributed by atoms with Crippen molar-refractivity contribution in [2.75, 3.05) is 19.6 Å². The highest BCUT2D eigenvalue weighted by atomic mass is 16.5. The number of likely N-dealkylation sites (tertiary alicyclic amines) is 1. The standard InChI is InChI=1S/C12H17N3O2/c1-8-6-10(14-17-8)12(16)15-5-3-9-2-4-13-7-11(9)15/h6,9,11,13H,2-5,7H2,1H3. The molecular formula is C12H17N3O2. The summed E-state index contributed by atoms with van der Waals surface area (Å²) >= 11 is 0. The van der Waals surface area contributed by atoms with Gasteiger partial charge in [-0.3, -0.25) is 4.79 Å². The number of hydrogen-bond acceptors (Lipinski definition) is 4. The van der Waals surface area contributed by atoms with E-state index in [1.807, 2.05) is 4.90 Å². The first kappa shape index (κ1) is 10.8. The number of carbonyl (C=O) groups is 1. The molecule has 0 radical (unpaired) electrons. The van der Waals surface area contributed by atoms with Gasteiger partial charge < -0.3 is 14.7 Å². The number of piperidine rings is 1. The number of aromatic nitrogens is 1. The maximum Gasteiger partial charge on any atom is 0.276 e. The number of amides is 1. The third-order valence-electron chi connectivity index (χ3n) is 3.84. The Morgan fingerprint density at radius 3 is 3.24 bits per heavy atom. The van der Waals surface area contributed by atoms with Crippen molar-refractivity contribution >= 4 is 5.91 Å². The minimum Gasteiger partial charge on any atom is -0.361 e. The van der Waals surface area contributed by atoms with Crippen LogP contribution in [0.2, 0.25) is 0 Å². The molecule has 2 unspecified atom stereocenters. The molecule has 1 aromatic rings. The van der Waals surface area contributed by atoms with Gasteiger partial charge in [-0.1, -0.05) is 5.16 Å². The molecule has 1 aromatic heterocycles. The maximum atomic E-state index is 12.3. The molecule has 17 heavy (non-hydrogen) atoms. The van der Waals surface area contributed by atoms with Gasteiger partial charge >= 0.3 is 0 Å². The van der Waals surface area contributed by atoms with Crippen molar-refractivity contribution in [1.82, 2.24) is 15.4 Å². The summed E-state index contributed by atoms with van der Waals surface area (Å²) in [5.41, 5.74) is 0.439. The molecule has 3 heterocycles. The van der Waals surface area contributed by atoms with E-state index in [0.29, 0.717) is 23.4 Å². The average Bonchev–Trinajstić information content (AvgIpc) is 2.94. The number of aryl methyl sites for hydroxylation is 1. The summed E-state index contributed by atoms with van der Waals surface area (Å²) in [7, 11) is 0. The van der Waals surface area contributed by atoms with Gasteiger partial charge in [0.1, 0.15) is 5.76 Å². The number of carbonyl (C=O) groups excluding carboxylic acids is 1. The van der Waals surface area contributed by atoms with Crippen LogP contribution in [0.15, 0.2) is 10.6 Å². The van der Waals surface area contributed by atoms with Crippen LogP contribution in [0.25, 0.3) is 0 Å². The highest BCUT2D eigenvalue weighted by molar-refractivity contribution is 5.92. The van der Waals surface area contributed by atoms with Crippen molar-refractivity contribution in [3.05, 3.63) is 17.5 Å². The summed E-state index contributed by atoms with van der Waals surface area (Å²) in [6, 6.07) is 2.06. The van der Waals surface area contributed by atoms with Gasteiger partial charge in [0, 0.05) is 25.2 Å². The second kappa shape index (κ2) is 4.14. The first-order chi connectivity index (χ1) is 8.25. The molecule has 2 aliphatic rings. The van der Waals surface area contributed by atoms with E-state index in [-0.39, 0.29) is 5.91 Å². The van der Waals surface area contributed by atoms with E-state index in [1.54, 1.807) is 13.0 Å². The van der Waals surface area contributed by atoms with Crippen LogP contribution in [0.3, 0.4) is 0 Å². The van der Waals surface area contributed by atoms with Gasteiger partial charge in [-0.15, -0.1) is 0 Å². The minimum absolute atomic E-state index is 0.0121. The lowest BCUT2D eigenvalue weighted by atomic mass is 9.93. The lowest BCUT2D eigenvalue weighted by Crippen LogP contribution is -2.48. The zero-order valence-corrected chi connectivity index (χ0v) is 9.98. The molecule has 0 spiro atoms. The summed E-state index contributed by atoms with van der Waals surface area (Å²) in [5, 5.41) is 7.17. The first-order valence-electron chi connectivity index (χ1n) is 6.20. The zero-order valence-electron chi connectivity index (χ0n) is 9.98. The minimum atomic E-state index is 0.0121. The molecule has 1 amide bonds. The molecular weight excluding hydrogens is 218 g/mol. The van der Waals surface area contributed by atoms with Gasteiger partial charge in [0.05, 0.1) is 0 Å². The van der Waals surface area contributed by atoms with Gasteiger partial charge in [0.15, 0.2) is 5.69 Å². The summed E-state index contributed by atoms with van der Waals surface area (Å²) in [6.45, 7) is 4.64. The Balaban J connectivity index is 1.78. The van der Waals surface area contributed by atoms with E-state index < -0.39 is 0 Å². The second-order valence-corrected chi connectivity index (χ2v) is 4.93. The molecule has 1 N–H and O–H groups in total. The molecule has 5 heteroatoms. The van der Waals surface area contributed by atoms with Crippen molar-refractivity contribution in [1.29, 1.82) is 0 Å². The Morgan fingerprint density at radius 2 is 2.47 bits per heavy atom. The van der Waals surface area contributed by atoms with Crippen LogP contribution in [0, 0.1) is 12.8 Å². The smallest absolute Gasteiger partial charge is 0.276 e. The molecule has 2 aliphatic heterocycles. The maximum absolute atomic E-state index is 12.3. The molecule has 5 nitrogen and oxygen atoms in total. The molecule has 0 saturated carbocycles. The molecule has 2 saturated heterocycles. The Morgan fingerprint density at radius 1 is 1.59 bits per heavy atom. The lowest BCUT2D eigenvalue weighted by Gasteiger charge is -2.31. The van der Waals surface area contributed by atoms with E-state index in [1.165, 1.54) is 6.42 Å². The highest BCUT2D eigenvalue weighted by Gasteiger charge is 2.39. The van der Waals surface area contributed by atoms with E-state index in [2.05, 4.69) is 10.5 Å². The summed E-state index contributed by atoms with van der Waals surface area (Å²) in [5.74, 6) is 1.36. The summed E-state index contributed by atoms with van der Waals surface area (Å²) in [6.07, 6.45) is 2.29. The number of fused-ring (bicyclic) bond motifs is 1. The monoisotopic (exact) mass is 235 g/mol. The Hall–Kier alpha value is -1.36. The summed E-state index contributed by atoms with van der Waals surface area (Å²) < 4.78 is 4.97. The molecule has 0 aliphatic carbocycles. The van der Waals surface area contributed by atoms with E-state index in [0.717, 1.165) is 26.1 Å². The van der Waals surface area contributed by atoms with Gasteiger partial charge in [0.25, 0.3) is 5.91 Å². The van der Waals surface area contributed by atoms with Crippen LogP contribution < -0.4 is 5.32 Å². The molecule has 92 valence electrons. The Labute approximate surface area is 100 Å². The van der Waals surface area contributed by atoms with Gasteiger partial charge in [-0.05, 0) is 32.2 Å². The fourth-order valence-electron chi connectivity index (χ4n) is 2.94. The highest BCUT2D eigenvalue weighted by Crippen LogP contribution is 2.29. The van der Waals surface area contributed by atoms with Crippen molar-refractivity contribution in [2.45, 2.75) is 25.8 Å². The van der Waals surface area contributed by atoms with Crippen molar-refractivity contribution < 1.29 is 9.32 Å². The fraction of sp³-hybridized carbons (Fsp3) is 0.667. The number of nitrogens with one attached hydrogen (secondary N) is 1. The SMILES string of the molecule is Cc1cc(C(=O)N2CCC3CCNCC32)no1. The Bertz CT molecular complexity index is 429. The predicted octanol–water partition coefficient (Wildman–Crippen LogP) is 0.807. The second-order valence-electron chi connectivity index (χ2n) is 4.93. The molecule has 0 aromatic carbocycles. The normalized spacial score (nSPS) is 28.2. The van der Waals surface area contributed by atoms with Crippen molar-refractivity contribution in [3.8, 4) is 0 Å². The van der Waals surface area contributed by atoms with Crippen LogP contribution in [-0.4, -0.2) is 41.6 Å². The topological polar surface area (TPSA) is 58.4 Å². The van der Waals surface area contributed by atoms with E-state index >= 15 is 0 Å². The lowest BCUT2D eigenvalue weighted by molar-refractivity contribution is 0.0692. The first-order valence-corrected chi connectivity index (χ1v) is 6.20. The van der Waals surface area contributed by atoms with Crippen LogP contribution in [0.4, 0.5) is 0 Å². The molecule has 2 fully saturated rings. The number of hydrogen-bond donors (Lipinski definition) is 1. The molecule has 3 rings (SSSR count). The largest absolute Gasteiger partial charge is 0.361 e. The average molecular weight is 235 g/mol. The summed E-state index contributed by atoms with van der Waals surface area (Å²) in [4.78, 5) is 14.2. The van der Waals surface area contributed by atoms with Crippen LogP contribution in [0.1, 0.15) is 29.1 Å². The molecule has 0 bridgehead atoms. The third kappa shape index (κ3) is 1.84. The zero-order chi connectivity index (χ0) is 11.8. The van der Waals surface area contributed by atoms with Crippen LogP contribution in [-0.2, 0) is 0 Å². The molecule has 2 atom stereocenters. The Kier molecular flexibility index (Phi) is 2.63. The third-order valence-corrected chi connectivity index (χ3v) is 3.84.